The van der Waals surface area contributed by atoms with Crippen LogP contribution in [0.2, 0.25) is 0 Å². The number of ketones is 1. The van der Waals surface area contributed by atoms with Crippen molar-refractivity contribution in [3.05, 3.63) is 11.6 Å². The van der Waals surface area contributed by atoms with Crippen molar-refractivity contribution in [2.75, 3.05) is 0 Å². The Labute approximate surface area is 150 Å². The van der Waals surface area contributed by atoms with E-state index in [0.717, 1.165) is 32.1 Å². The van der Waals surface area contributed by atoms with Crippen molar-refractivity contribution in [1.29, 1.82) is 0 Å². The Hall–Kier alpha value is -1.16. The van der Waals surface area contributed by atoms with Gasteiger partial charge in [0.1, 0.15) is 5.71 Å². The third-order valence-corrected chi connectivity index (χ3v) is 8.57. The van der Waals surface area contributed by atoms with Gasteiger partial charge in [0.25, 0.3) is 0 Å². The van der Waals surface area contributed by atoms with Gasteiger partial charge >= 0.3 is 0 Å². The van der Waals surface area contributed by atoms with Gasteiger partial charge in [0.15, 0.2) is 5.78 Å². The fourth-order valence-electron chi connectivity index (χ4n) is 7.25. The van der Waals surface area contributed by atoms with Gasteiger partial charge in [-0.2, -0.15) is 0 Å². The second-order valence-electron chi connectivity index (χ2n) is 9.96. The molecule has 3 fully saturated rings. The van der Waals surface area contributed by atoms with Crippen LogP contribution < -0.4 is 0 Å². The first-order valence-electron chi connectivity index (χ1n) is 9.81. The van der Waals surface area contributed by atoms with E-state index in [1.807, 2.05) is 13.8 Å². The highest BCUT2D eigenvalue weighted by Crippen LogP contribution is 2.66. The molecule has 0 heterocycles. The monoisotopic (exact) mass is 345 g/mol. The lowest BCUT2D eigenvalue weighted by molar-refractivity contribution is -0.122. The number of Topliss-reactive ketones (excluding diaryl/α,β-unsaturated/α-hetero) is 1. The van der Waals surface area contributed by atoms with E-state index in [4.69, 9.17) is 0 Å². The zero-order chi connectivity index (χ0) is 18.2. The van der Waals surface area contributed by atoms with E-state index in [0.29, 0.717) is 29.9 Å². The molecule has 0 saturated heterocycles. The molecule has 6 unspecified atom stereocenters. The topological polar surface area (TPSA) is 69.9 Å². The van der Waals surface area contributed by atoms with Gasteiger partial charge in [0.2, 0.25) is 0 Å². The van der Waals surface area contributed by atoms with Crippen LogP contribution in [0.15, 0.2) is 16.8 Å². The third-order valence-electron chi connectivity index (χ3n) is 8.57. The van der Waals surface area contributed by atoms with E-state index in [1.54, 1.807) is 0 Å². The Morgan fingerprint density at radius 2 is 1.84 bits per heavy atom. The van der Waals surface area contributed by atoms with Gasteiger partial charge in [-0.1, -0.05) is 30.7 Å². The average molecular weight is 345 g/mol. The highest BCUT2D eigenvalue weighted by atomic mass is 16.4. The number of carbonyl (C=O) groups is 1. The van der Waals surface area contributed by atoms with E-state index >= 15 is 0 Å². The van der Waals surface area contributed by atoms with Crippen molar-refractivity contribution in [3.8, 4) is 0 Å². The average Bonchev–Trinajstić information content (AvgIpc) is 2.86. The highest BCUT2D eigenvalue weighted by Gasteiger charge is 2.61. The molecule has 25 heavy (non-hydrogen) atoms. The number of fused-ring (bicyclic) bond motifs is 5. The molecule has 3 saturated carbocycles. The van der Waals surface area contributed by atoms with Gasteiger partial charge in [-0.25, -0.2) is 0 Å². The first-order valence-corrected chi connectivity index (χ1v) is 9.81. The molecule has 4 aliphatic carbocycles. The summed E-state index contributed by atoms with van der Waals surface area (Å²) in [4.78, 5) is 12.7. The summed E-state index contributed by atoms with van der Waals surface area (Å²) < 4.78 is 0. The molecule has 4 rings (SSSR count). The van der Waals surface area contributed by atoms with Crippen molar-refractivity contribution in [1.82, 2.24) is 0 Å². The summed E-state index contributed by atoms with van der Waals surface area (Å²) in [5.41, 5.74) is 0.939. The van der Waals surface area contributed by atoms with Crippen molar-refractivity contribution in [2.45, 2.75) is 72.3 Å². The molecular weight excluding hydrogens is 314 g/mol. The number of rotatable bonds is 0. The number of nitrogens with zero attached hydrogens (tertiary/aromatic N) is 1. The molecule has 0 amide bonds. The molecule has 0 bridgehead atoms. The van der Waals surface area contributed by atoms with Crippen LogP contribution >= 0.6 is 0 Å². The van der Waals surface area contributed by atoms with E-state index < -0.39 is 5.41 Å². The SMILES string of the molecule is CC1(C)C(=O)/C(=N\O)CC2(C)C1=CCC1C2CCC2(C)C(O)CCC12. The van der Waals surface area contributed by atoms with E-state index in [9.17, 15) is 15.1 Å². The Bertz CT molecular complexity index is 679. The second kappa shape index (κ2) is 5.18. The van der Waals surface area contributed by atoms with E-state index in [1.165, 1.54) is 5.57 Å². The molecular formula is C21H31NO3. The van der Waals surface area contributed by atoms with Crippen LogP contribution in [0.25, 0.3) is 0 Å². The van der Waals surface area contributed by atoms with Crippen molar-refractivity contribution in [3.63, 3.8) is 0 Å². The predicted molar refractivity (Wildman–Crippen MR) is 96.5 cm³/mol. The minimum atomic E-state index is -0.588. The molecule has 138 valence electrons. The van der Waals surface area contributed by atoms with Gasteiger partial charge < -0.3 is 10.3 Å². The maximum atomic E-state index is 12.7. The van der Waals surface area contributed by atoms with Gasteiger partial charge in [-0.05, 0) is 74.5 Å². The first kappa shape index (κ1) is 17.3. The van der Waals surface area contributed by atoms with Crippen LogP contribution in [0.3, 0.4) is 0 Å². The largest absolute Gasteiger partial charge is 0.411 e. The number of oxime groups is 1. The normalized spacial score (nSPS) is 50.0. The molecule has 4 nitrogen and oxygen atoms in total. The molecule has 0 spiro atoms. The van der Waals surface area contributed by atoms with Crippen LogP contribution in [-0.4, -0.2) is 27.9 Å². The van der Waals surface area contributed by atoms with Gasteiger partial charge in [0, 0.05) is 6.42 Å². The summed E-state index contributed by atoms with van der Waals surface area (Å²) in [5, 5.41) is 23.4. The molecule has 2 N–H and O–H groups in total. The molecule has 0 aromatic rings. The Balaban J connectivity index is 1.78. The van der Waals surface area contributed by atoms with Crippen molar-refractivity contribution >= 4 is 11.5 Å². The van der Waals surface area contributed by atoms with Crippen LogP contribution in [-0.2, 0) is 4.79 Å². The number of aliphatic hydroxyl groups is 1. The lowest BCUT2D eigenvalue weighted by Gasteiger charge is -2.59. The summed E-state index contributed by atoms with van der Waals surface area (Å²) in [6.07, 6.45) is 7.90. The fourth-order valence-corrected chi connectivity index (χ4v) is 7.25. The molecule has 0 radical (unpaired) electrons. The lowest BCUT2D eigenvalue weighted by Crippen LogP contribution is -2.56. The second-order valence-corrected chi connectivity index (χ2v) is 9.96. The highest BCUT2D eigenvalue weighted by molar-refractivity contribution is 6.43. The first-order chi connectivity index (χ1) is 11.7. The van der Waals surface area contributed by atoms with E-state index in [-0.39, 0.29) is 22.7 Å². The Morgan fingerprint density at radius 3 is 2.52 bits per heavy atom. The van der Waals surface area contributed by atoms with Crippen molar-refractivity contribution < 1.29 is 15.1 Å². The molecule has 0 aliphatic heterocycles. The van der Waals surface area contributed by atoms with Gasteiger partial charge in [0.05, 0.1) is 11.5 Å². The van der Waals surface area contributed by atoms with Crippen LogP contribution in [0, 0.1) is 34.0 Å². The molecule has 0 aromatic heterocycles. The zero-order valence-electron chi connectivity index (χ0n) is 15.9. The fraction of sp³-hybridized carbons (Fsp3) is 0.810. The summed E-state index contributed by atoms with van der Waals surface area (Å²) in [6.45, 7) is 8.53. The molecule has 4 heteroatoms. The summed E-state index contributed by atoms with van der Waals surface area (Å²) in [6, 6.07) is 0. The maximum absolute atomic E-state index is 12.7. The number of hydrogen-bond acceptors (Lipinski definition) is 4. The Morgan fingerprint density at radius 1 is 1.12 bits per heavy atom. The summed E-state index contributed by atoms with van der Waals surface area (Å²) in [7, 11) is 0. The van der Waals surface area contributed by atoms with Crippen LogP contribution in [0.5, 0.6) is 0 Å². The van der Waals surface area contributed by atoms with Gasteiger partial charge in [-0.3, -0.25) is 4.79 Å². The van der Waals surface area contributed by atoms with Crippen molar-refractivity contribution in [2.24, 2.45) is 39.2 Å². The predicted octanol–water partition coefficient (Wildman–Crippen LogP) is 3.96. The summed E-state index contributed by atoms with van der Waals surface area (Å²) in [5.74, 6) is 1.59. The summed E-state index contributed by atoms with van der Waals surface area (Å²) >= 11 is 0. The number of aliphatic hydroxyl groups excluding tert-OH is 1. The standard InChI is InChI=1S/C21H31NO3/c1-19(2)16-7-5-12-13-6-8-17(23)20(13,3)10-9-14(12)21(16,4)11-15(22-25)18(19)24/h7,12-14,17,23,25H,5-6,8-11H2,1-4H3/b22-15-. The minimum absolute atomic E-state index is 0.0332. The number of carbonyl (C=O) groups excluding carboxylic acids is 1. The van der Waals surface area contributed by atoms with Crippen LogP contribution in [0.1, 0.15) is 66.2 Å². The van der Waals surface area contributed by atoms with Crippen LogP contribution in [0.4, 0.5) is 0 Å². The molecule has 6 atom stereocenters. The zero-order valence-corrected chi connectivity index (χ0v) is 15.9. The van der Waals surface area contributed by atoms with E-state index in [2.05, 4.69) is 25.1 Å². The Kier molecular flexibility index (Phi) is 3.58. The lowest BCUT2D eigenvalue weighted by atomic mass is 9.45. The quantitative estimate of drug-likeness (QED) is 0.397. The minimum Gasteiger partial charge on any atom is -0.411 e. The number of allylic oxidation sites excluding steroid dienone is 2. The van der Waals surface area contributed by atoms with Gasteiger partial charge in [-0.15, -0.1) is 0 Å². The number of hydrogen-bond donors (Lipinski definition) is 2. The smallest absolute Gasteiger partial charge is 0.190 e. The maximum Gasteiger partial charge on any atom is 0.190 e. The molecule has 4 aliphatic rings. The molecule has 0 aromatic carbocycles. The third kappa shape index (κ3) is 2.03.